The minimum atomic E-state index is -0.476. The van der Waals surface area contributed by atoms with Crippen LogP contribution in [0.4, 0.5) is 0 Å². The highest BCUT2D eigenvalue weighted by atomic mass is 16.5. The van der Waals surface area contributed by atoms with Crippen LogP contribution < -0.4 is 5.32 Å². The Morgan fingerprint density at radius 2 is 1.57 bits per heavy atom. The molecule has 0 aromatic heterocycles. The zero-order valence-electron chi connectivity index (χ0n) is 12.5. The molecule has 0 radical (unpaired) electrons. The summed E-state index contributed by atoms with van der Waals surface area (Å²) in [5.41, 5.74) is 2.15. The van der Waals surface area contributed by atoms with Crippen molar-refractivity contribution >= 4 is 5.91 Å². The summed E-state index contributed by atoms with van der Waals surface area (Å²) in [5.74, 6) is -0.0951. The summed E-state index contributed by atoms with van der Waals surface area (Å²) in [6.07, 6.45) is -0.476. The molecular formula is C18H21NO2. The van der Waals surface area contributed by atoms with Crippen molar-refractivity contribution in [2.45, 2.75) is 32.6 Å². The molecule has 0 fully saturated rings. The van der Waals surface area contributed by atoms with E-state index in [0.29, 0.717) is 6.61 Å². The Morgan fingerprint density at radius 1 is 1.00 bits per heavy atom. The molecule has 0 spiro atoms. The molecule has 2 unspecified atom stereocenters. The lowest BCUT2D eigenvalue weighted by Crippen LogP contribution is -2.36. The molecule has 0 aliphatic carbocycles. The summed E-state index contributed by atoms with van der Waals surface area (Å²) in [4.78, 5) is 12.1. The van der Waals surface area contributed by atoms with E-state index in [1.165, 1.54) is 0 Å². The molecule has 2 atom stereocenters. The van der Waals surface area contributed by atoms with Gasteiger partial charge in [0.2, 0.25) is 5.91 Å². The maximum absolute atomic E-state index is 12.1. The van der Waals surface area contributed by atoms with Gasteiger partial charge in [0.05, 0.1) is 12.6 Å². The first kappa shape index (κ1) is 15.3. The molecule has 1 N–H and O–H groups in total. The van der Waals surface area contributed by atoms with Gasteiger partial charge in [0, 0.05) is 0 Å². The third-order valence-electron chi connectivity index (χ3n) is 3.37. The van der Waals surface area contributed by atoms with Gasteiger partial charge in [0.1, 0.15) is 6.10 Å². The Kier molecular flexibility index (Phi) is 5.52. The molecule has 2 aromatic rings. The molecule has 0 heterocycles. The number of hydrogen-bond acceptors (Lipinski definition) is 2. The second-order valence-electron chi connectivity index (χ2n) is 5.08. The van der Waals surface area contributed by atoms with E-state index in [1.807, 2.05) is 67.6 Å². The molecule has 3 heteroatoms. The van der Waals surface area contributed by atoms with Gasteiger partial charge in [-0.25, -0.2) is 0 Å². The molecule has 0 saturated heterocycles. The van der Waals surface area contributed by atoms with Gasteiger partial charge in [-0.2, -0.15) is 0 Å². The van der Waals surface area contributed by atoms with Crippen molar-refractivity contribution in [2.75, 3.05) is 0 Å². The van der Waals surface area contributed by atoms with Crippen molar-refractivity contribution in [3.05, 3.63) is 71.8 Å². The fourth-order valence-corrected chi connectivity index (χ4v) is 2.03. The topological polar surface area (TPSA) is 38.3 Å². The fourth-order valence-electron chi connectivity index (χ4n) is 2.03. The zero-order chi connectivity index (χ0) is 15.1. The summed E-state index contributed by atoms with van der Waals surface area (Å²) in [6, 6.07) is 19.7. The fraction of sp³-hybridized carbons (Fsp3) is 0.278. The lowest BCUT2D eigenvalue weighted by Gasteiger charge is -2.18. The van der Waals surface area contributed by atoms with E-state index in [2.05, 4.69) is 5.32 Å². The van der Waals surface area contributed by atoms with Crippen molar-refractivity contribution in [1.82, 2.24) is 5.32 Å². The number of hydrogen-bond donors (Lipinski definition) is 1. The predicted molar refractivity (Wildman–Crippen MR) is 83.7 cm³/mol. The second-order valence-corrected chi connectivity index (χ2v) is 5.08. The average Bonchev–Trinajstić information content (AvgIpc) is 2.54. The molecule has 21 heavy (non-hydrogen) atoms. The highest BCUT2D eigenvalue weighted by Gasteiger charge is 2.16. The number of rotatable bonds is 6. The highest BCUT2D eigenvalue weighted by Crippen LogP contribution is 2.12. The van der Waals surface area contributed by atoms with Crippen LogP contribution in [0.2, 0.25) is 0 Å². The number of benzene rings is 2. The summed E-state index contributed by atoms with van der Waals surface area (Å²) in [5, 5.41) is 2.97. The van der Waals surface area contributed by atoms with Crippen molar-refractivity contribution in [3.63, 3.8) is 0 Å². The molecule has 0 aliphatic rings. The zero-order valence-corrected chi connectivity index (χ0v) is 12.5. The van der Waals surface area contributed by atoms with E-state index in [9.17, 15) is 4.79 Å². The minimum absolute atomic E-state index is 0.0264. The average molecular weight is 283 g/mol. The molecule has 2 rings (SSSR count). The molecule has 110 valence electrons. The number of nitrogens with one attached hydrogen (secondary N) is 1. The van der Waals surface area contributed by atoms with Gasteiger partial charge < -0.3 is 10.1 Å². The van der Waals surface area contributed by atoms with Crippen molar-refractivity contribution in [1.29, 1.82) is 0 Å². The third kappa shape index (κ3) is 4.72. The first-order valence-electron chi connectivity index (χ1n) is 7.17. The van der Waals surface area contributed by atoms with Gasteiger partial charge in [-0.05, 0) is 25.0 Å². The smallest absolute Gasteiger partial charge is 0.249 e. The standard InChI is InChI=1S/C18H21NO2/c1-14(17-11-7-4-8-12-17)19-18(20)15(2)21-13-16-9-5-3-6-10-16/h3-12,14-15H,13H2,1-2H3,(H,19,20). The summed E-state index contributed by atoms with van der Waals surface area (Å²) in [6.45, 7) is 4.18. The van der Waals surface area contributed by atoms with Gasteiger partial charge in [-0.15, -0.1) is 0 Å². The molecule has 0 aliphatic heterocycles. The van der Waals surface area contributed by atoms with Gasteiger partial charge in [0.25, 0.3) is 0 Å². The minimum Gasteiger partial charge on any atom is -0.364 e. The largest absolute Gasteiger partial charge is 0.364 e. The maximum Gasteiger partial charge on any atom is 0.249 e. The maximum atomic E-state index is 12.1. The van der Waals surface area contributed by atoms with Crippen LogP contribution in [-0.2, 0) is 16.1 Å². The van der Waals surface area contributed by atoms with Crippen LogP contribution in [0.15, 0.2) is 60.7 Å². The lowest BCUT2D eigenvalue weighted by atomic mass is 10.1. The SMILES string of the molecule is CC(OCc1ccccc1)C(=O)NC(C)c1ccccc1. The van der Waals surface area contributed by atoms with Gasteiger partial charge in [-0.1, -0.05) is 60.7 Å². The normalized spacial score (nSPS) is 13.4. The van der Waals surface area contributed by atoms with E-state index in [4.69, 9.17) is 4.74 Å². The second kappa shape index (κ2) is 7.60. The van der Waals surface area contributed by atoms with E-state index in [1.54, 1.807) is 6.92 Å². The Bertz CT molecular complexity index is 554. The van der Waals surface area contributed by atoms with Crippen molar-refractivity contribution in [2.24, 2.45) is 0 Å². The molecular weight excluding hydrogens is 262 g/mol. The quantitative estimate of drug-likeness (QED) is 0.881. The van der Waals surface area contributed by atoms with Crippen LogP contribution in [-0.4, -0.2) is 12.0 Å². The third-order valence-corrected chi connectivity index (χ3v) is 3.37. The summed E-state index contributed by atoms with van der Waals surface area (Å²) >= 11 is 0. The number of ether oxygens (including phenoxy) is 1. The molecule has 0 saturated carbocycles. The number of amides is 1. The summed E-state index contributed by atoms with van der Waals surface area (Å²) in [7, 11) is 0. The Labute approximate surface area is 126 Å². The van der Waals surface area contributed by atoms with Crippen LogP contribution >= 0.6 is 0 Å². The highest BCUT2D eigenvalue weighted by molar-refractivity contribution is 5.80. The van der Waals surface area contributed by atoms with Crippen molar-refractivity contribution < 1.29 is 9.53 Å². The van der Waals surface area contributed by atoms with Crippen LogP contribution in [0.3, 0.4) is 0 Å². The Morgan fingerprint density at radius 3 is 2.19 bits per heavy atom. The Balaban J connectivity index is 1.82. The number of carbonyl (C=O) groups is 1. The molecule has 0 bridgehead atoms. The van der Waals surface area contributed by atoms with Crippen LogP contribution in [0.5, 0.6) is 0 Å². The van der Waals surface area contributed by atoms with E-state index >= 15 is 0 Å². The number of carbonyl (C=O) groups excluding carboxylic acids is 1. The Hall–Kier alpha value is -2.13. The first-order valence-corrected chi connectivity index (χ1v) is 7.17. The monoisotopic (exact) mass is 283 g/mol. The summed E-state index contributed by atoms with van der Waals surface area (Å²) < 4.78 is 5.61. The van der Waals surface area contributed by atoms with Gasteiger partial charge in [0.15, 0.2) is 0 Å². The first-order chi connectivity index (χ1) is 10.2. The van der Waals surface area contributed by atoms with Crippen LogP contribution in [0.25, 0.3) is 0 Å². The lowest BCUT2D eigenvalue weighted by molar-refractivity contribution is -0.133. The van der Waals surface area contributed by atoms with Crippen LogP contribution in [0, 0.1) is 0 Å². The van der Waals surface area contributed by atoms with E-state index < -0.39 is 6.10 Å². The van der Waals surface area contributed by atoms with Crippen molar-refractivity contribution in [3.8, 4) is 0 Å². The molecule has 1 amide bonds. The molecule has 3 nitrogen and oxygen atoms in total. The van der Waals surface area contributed by atoms with Crippen LogP contribution in [0.1, 0.15) is 31.0 Å². The molecule has 2 aromatic carbocycles. The van der Waals surface area contributed by atoms with Gasteiger partial charge in [-0.3, -0.25) is 4.79 Å². The van der Waals surface area contributed by atoms with E-state index in [-0.39, 0.29) is 11.9 Å². The predicted octanol–water partition coefficient (Wildman–Crippen LogP) is 3.47. The van der Waals surface area contributed by atoms with Gasteiger partial charge >= 0.3 is 0 Å². The van der Waals surface area contributed by atoms with E-state index in [0.717, 1.165) is 11.1 Å².